The van der Waals surface area contributed by atoms with Gasteiger partial charge in [0.15, 0.2) is 0 Å². The van der Waals surface area contributed by atoms with Crippen LogP contribution in [0.2, 0.25) is 0 Å². The normalized spacial score (nSPS) is 25.4. The second kappa shape index (κ2) is 6.55. The largest absolute Gasteiger partial charge is 0.468 e. The van der Waals surface area contributed by atoms with Gasteiger partial charge in [-0.2, -0.15) is 0 Å². The SMILES string of the molecule is CCC(N)C(c1ccco1)N1CCN(C)C(CC)C1. The van der Waals surface area contributed by atoms with Crippen LogP contribution in [0.15, 0.2) is 22.8 Å². The number of nitrogens with two attached hydrogens (primary N) is 1. The van der Waals surface area contributed by atoms with E-state index in [1.807, 2.05) is 6.07 Å². The lowest BCUT2D eigenvalue weighted by atomic mass is 9.99. The molecule has 0 saturated carbocycles. The van der Waals surface area contributed by atoms with E-state index in [1.54, 1.807) is 6.26 Å². The van der Waals surface area contributed by atoms with Crippen molar-refractivity contribution in [2.45, 2.75) is 44.8 Å². The van der Waals surface area contributed by atoms with Crippen molar-refractivity contribution in [3.63, 3.8) is 0 Å². The highest BCUT2D eigenvalue weighted by molar-refractivity contribution is 5.08. The Morgan fingerprint density at radius 3 is 2.79 bits per heavy atom. The Hall–Kier alpha value is -0.840. The summed E-state index contributed by atoms with van der Waals surface area (Å²) in [6, 6.07) is 4.97. The molecule has 0 radical (unpaired) electrons. The summed E-state index contributed by atoms with van der Waals surface area (Å²) in [5, 5.41) is 0. The summed E-state index contributed by atoms with van der Waals surface area (Å²) in [6.07, 6.45) is 3.89. The minimum Gasteiger partial charge on any atom is -0.468 e. The molecule has 1 aromatic heterocycles. The predicted molar refractivity (Wildman–Crippen MR) is 78.0 cm³/mol. The van der Waals surface area contributed by atoms with E-state index in [4.69, 9.17) is 10.2 Å². The van der Waals surface area contributed by atoms with Gasteiger partial charge in [-0.1, -0.05) is 13.8 Å². The third kappa shape index (κ3) is 3.19. The number of hydrogen-bond acceptors (Lipinski definition) is 4. The standard InChI is InChI=1S/C15H27N3O/c1-4-12-11-18(9-8-17(12)3)15(13(16)5-2)14-7-6-10-19-14/h6-7,10,12-13,15H,4-5,8-9,11,16H2,1-3H3. The zero-order chi connectivity index (χ0) is 13.8. The molecule has 4 heteroatoms. The predicted octanol–water partition coefficient (Wildman–Crippen LogP) is 2.08. The fourth-order valence-corrected chi connectivity index (χ4v) is 3.01. The fourth-order valence-electron chi connectivity index (χ4n) is 3.01. The van der Waals surface area contributed by atoms with Gasteiger partial charge in [0.05, 0.1) is 12.3 Å². The van der Waals surface area contributed by atoms with E-state index in [2.05, 4.69) is 36.8 Å². The second-order valence-electron chi connectivity index (χ2n) is 5.57. The lowest BCUT2D eigenvalue weighted by Crippen LogP contribution is -2.54. The number of piperazine rings is 1. The zero-order valence-electron chi connectivity index (χ0n) is 12.4. The Labute approximate surface area is 116 Å². The molecule has 0 aliphatic carbocycles. The maximum Gasteiger partial charge on any atom is 0.122 e. The minimum atomic E-state index is 0.132. The highest BCUT2D eigenvalue weighted by Gasteiger charge is 2.33. The maximum atomic E-state index is 6.35. The summed E-state index contributed by atoms with van der Waals surface area (Å²) in [7, 11) is 2.22. The van der Waals surface area contributed by atoms with Crippen molar-refractivity contribution in [3.8, 4) is 0 Å². The Bertz CT molecular complexity index is 365. The van der Waals surface area contributed by atoms with Gasteiger partial charge in [0.25, 0.3) is 0 Å². The van der Waals surface area contributed by atoms with Crippen LogP contribution in [-0.2, 0) is 0 Å². The van der Waals surface area contributed by atoms with Crippen molar-refractivity contribution < 1.29 is 4.42 Å². The molecule has 0 amide bonds. The molecule has 0 bridgehead atoms. The van der Waals surface area contributed by atoms with Gasteiger partial charge in [0.1, 0.15) is 5.76 Å². The quantitative estimate of drug-likeness (QED) is 0.885. The third-order valence-corrected chi connectivity index (χ3v) is 4.38. The number of likely N-dealkylation sites (N-methyl/N-ethyl adjacent to an activating group) is 1. The highest BCUT2D eigenvalue weighted by Crippen LogP contribution is 2.28. The molecule has 0 aromatic carbocycles. The molecule has 3 atom stereocenters. The first-order chi connectivity index (χ1) is 9.17. The van der Waals surface area contributed by atoms with Gasteiger partial charge in [-0.3, -0.25) is 4.90 Å². The van der Waals surface area contributed by atoms with Crippen LogP contribution in [0.5, 0.6) is 0 Å². The van der Waals surface area contributed by atoms with E-state index >= 15 is 0 Å². The van der Waals surface area contributed by atoms with Crippen molar-refractivity contribution in [3.05, 3.63) is 24.2 Å². The van der Waals surface area contributed by atoms with Gasteiger partial charge in [-0.25, -0.2) is 0 Å². The molecule has 1 aromatic rings. The van der Waals surface area contributed by atoms with Gasteiger partial charge in [-0.15, -0.1) is 0 Å². The summed E-state index contributed by atoms with van der Waals surface area (Å²) in [4.78, 5) is 4.95. The van der Waals surface area contributed by atoms with Crippen molar-refractivity contribution in [1.82, 2.24) is 9.80 Å². The van der Waals surface area contributed by atoms with Crippen LogP contribution in [0, 0.1) is 0 Å². The summed E-state index contributed by atoms with van der Waals surface area (Å²) in [5.74, 6) is 1.01. The fraction of sp³-hybridized carbons (Fsp3) is 0.733. The van der Waals surface area contributed by atoms with Crippen LogP contribution in [-0.4, -0.2) is 48.6 Å². The van der Waals surface area contributed by atoms with Crippen molar-refractivity contribution >= 4 is 0 Å². The van der Waals surface area contributed by atoms with E-state index in [0.717, 1.165) is 31.8 Å². The molecule has 108 valence electrons. The molecule has 4 nitrogen and oxygen atoms in total. The first kappa shape index (κ1) is 14.6. The molecule has 3 unspecified atom stereocenters. The Kier molecular flexibility index (Phi) is 5.02. The number of hydrogen-bond donors (Lipinski definition) is 1. The van der Waals surface area contributed by atoms with Crippen molar-refractivity contribution in [1.29, 1.82) is 0 Å². The van der Waals surface area contributed by atoms with Crippen LogP contribution in [0.4, 0.5) is 0 Å². The molecule has 1 aliphatic heterocycles. The number of nitrogens with zero attached hydrogens (tertiary/aromatic N) is 2. The van der Waals surface area contributed by atoms with E-state index in [9.17, 15) is 0 Å². The number of rotatable bonds is 5. The van der Waals surface area contributed by atoms with Crippen LogP contribution in [0.1, 0.15) is 38.5 Å². The first-order valence-electron chi connectivity index (χ1n) is 7.40. The molecule has 1 aliphatic rings. The summed E-state index contributed by atoms with van der Waals surface area (Å²) < 4.78 is 5.63. The smallest absolute Gasteiger partial charge is 0.122 e. The zero-order valence-corrected chi connectivity index (χ0v) is 12.4. The summed E-state index contributed by atoms with van der Waals surface area (Å²) >= 11 is 0. The molecule has 2 N–H and O–H groups in total. The topological polar surface area (TPSA) is 45.6 Å². The van der Waals surface area contributed by atoms with Crippen LogP contribution in [0.25, 0.3) is 0 Å². The molecule has 2 heterocycles. The lowest BCUT2D eigenvalue weighted by Gasteiger charge is -2.43. The molecule has 1 saturated heterocycles. The summed E-state index contributed by atoms with van der Waals surface area (Å²) in [5.41, 5.74) is 6.35. The number of furan rings is 1. The molecular weight excluding hydrogens is 238 g/mol. The van der Waals surface area contributed by atoms with Crippen LogP contribution in [0.3, 0.4) is 0 Å². The average Bonchev–Trinajstić information content (AvgIpc) is 2.94. The Morgan fingerprint density at radius 1 is 1.42 bits per heavy atom. The van der Waals surface area contributed by atoms with E-state index in [-0.39, 0.29) is 12.1 Å². The summed E-state index contributed by atoms with van der Waals surface area (Å²) in [6.45, 7) is 7.64. The molecular formula is C15H27N3O. The average molecular weight is 265 g/mol. The van der Waals surface area contributed by atoms with Crippen LogP contribution < -0.4 is 5.73 Å². The lowest BCUT2D eigenvalue weighted by molar-refractivity contribution is 0.0447. The molecule has 19 heavy (non-hydrogen) atoms. The van der Waals surface area contributed by atoms with Gasteiger partial charge in [0.2, 0.25) is 0 Å². The van der Waals surface area contributed by atoms with E-state index in [1.165, 1.54) is 6.42 Å². The Morgan fingerprint density at radius 2 is 2.21 bits per heavy atom. The Balaban J connectivity index is 2.15. The second-order valence-corrected chi connectivity index (χ2v) is 5.57. The van der Waals surface area contributed by atoms with Gasteiger partial charge >= 0.3 is 0 Å². The van der Waals surface area contributed by atoms with Crippen LogP contribution >= 0.6 is 0 Å². The molecule has 0 spiro atoms. The van der Waals surface area contributed by atoms with Crippen molar-refractivity contribution in [2.75, 3.05) is 26.7 Å². The van der Waals surface area contributed by atoms with Gasteiger partial charge in [0, 0.05) is 31.7 Å². The van der Waals surface area contributed by atoms with E-state index in [0.29, 0.717) is 6.04 Å². The highest BCUT2D eigenvalue weighted by atomic mass is 16.3. The first-order valence-corrected chi connectivity index (χ1v) is 7.40. The molecule has 2 rings (SSSR count). The monoisotopic (exact) mass is 265 g/mol. The van der Waals surface area contributed by atoms with Gasteiger partial charge in [-0.05, 0) is 32.0 Å². The van der Waals surface area contributed by atoms with Crippen molar-refractivity contribution in [2.24, 2.45) is 5.73 Å². The third-order valence-electron chi connectivity index (χ3n) is 4.38. The maximum absolute atomic E-state index is 6.35. The van der Waals surface area contributed by atoms with E-state index < -0.39 is 0 Å². The van der Waals surface area contributed by atoms with Gasteiger partial charge < -0.3 is 15.1 Å². The minimum absolute atomic E-state index is 0.132. The molecule has 1 fully saturated rings.